The van der Waals surface area contributed by atoms with Crippen LogP contribution in [-0.4, -0.2) is 54.8 Å². The second-order valence-corrected chi connectivity index (χ2v) is 10.7. The molecule has 2 bridgehead atoms. The summed E-state index contributed by atoms with van der Waals surface area (Å²) in [6, 6.07) is 9.48. The molecule has 0 radical (unpaired) electrons. The van der Waals surface area contributed by atoms with Gasteiger partial charge in [-0.1, -0.05) is 11.6 Å². The predicted molar refractivity (Wildman–Crippen MR) is 150 cm³/mol. The third-order valence-electron chi connectivity index (χ3n) is 7.81. The monoisotopic (exact) mass is 545 g/mol. The van der Waals surface area contributed by atoms with Crippen LogP contribution < -0.4 is 11.1 Å². The van der Waals surface area contributed by atoms with Crippen LogP contribution in [-0.2, 0) is 7.05 Å². The maximum Gasteiger partial charge on any atom is 0.135 e. The van der Waals surface area contributed by atoms with E-state index in [-0.39, 0.29) is 17.6 Å². The molecule has 1 aromatic carbocycles. The molecule has 3 N–H and O–H groups in total. The molecule has 2 aliphatic rings. The second-order valence-electron chi connectivity index (χ2n) is 10.3. The highest BCUT2D eigenvalue weighted by molar-refractivity contribution is 6.33. The number of amidine groups is 1. The van der Waals surface area contributed by atoms with Crippen LogP contribution in [0.15, 0.2) is 54.0 Å². The van der Waals surface area contributed by atoms with E-state index in [2.05, 4.69) is 37.5 Å². The quantitative estimate of drug-likeness (QED) is 0.253. The number of hydrogen-bond donors (Lipinski definition) is 2. The number of benzene rings is 1. The number of nitrogens with one attached hydrogen (secondary N) is 1. The van der Waals surface area contributed by atoms with Crippen LogP contribution in [0, 0.1) is 17.1 Å². The molecule has 0 spiro atoms. The summed E-state index contributed by atoms with van der Waals surface area (Å²) in [7, 11) is 1.88. The molecule has 2 fully saturated rings. The molecule has 2 saturated heterocycles. The second kappa shape index (κ2) is 10.3. The Morgan fingerprint density at radius 1 is 1.18 bits per heavy atom. The molecule has 4 aromatic rings. The summed E-state index contributed by atoms with van der Waals surface area (Å²) < 4.78 is 17.5. The lowest BCUT2D eigenvalue weighted by Crippen LogP contribution is -2.47. The molecule has 2 aliphatic heterocycles. The number of fused-ring (bicyclic) bond motifs is 3. The van der Waals surface area contributed by atoms with E-state index in [0.29, 0.717) is 29.1 Å². The molecule has 9 nitrogen and oxygen atoms in total. The molecule has 11 heteroatoms. The molecule has 0 aliphatic carbocycles. The Hall–Kier alpha value is -3.94. The zero-order chi connectivity index (χ0) is 27.1. The van der Waals surface area contributed by atoms with Gasteiger partial charge in [0.25, 0.3) is 0 Å². The van der Waals surface area contributed by atoms with E-state index in [1.54, 1.807) is 10.9 Å². The van der Waals surface area contributed by atoms with Crippen molar-refractivity contribution in [3.05, 3.63) is 65.5 Å². The number of rotatable bonds is 7. The Labute approximate surface area is 230 Å². The van der Waals surface area contributed by atoms with E-state index in [0.717, 1.165) is 54.6 Å². The van der Waals surface area contributed by atoms with Gasteiger partial charge in [-0.25, -0.2) is 13.9 Å². The molecule has 3 atom stereocenters. The minimum absolute atomic E-state index is 0.193. The zero-order valence-electron chi connectivity index (χ0n) is 21.6. The van der Waals surface area contributed by atoms with Crippen molar-refractivity contribution in [3.63, 3.8) is 0 Å². The number of piperidine rings is 1. The Kier molecular flexibility index (Phi) is 6.71. The van der Waals surface area contributed by atoms with Gasteiger partial charge in [0, 0.05) is 67.7 Å². The van der Waals surface area contributed by atoms with Crippen molar-refractivity contribution in [1.82, 2.24) is 24.3 Å². The molecule has 39 heavy (non-hydrogen) atoms. The molecule has 6 rings (SSSR count). The van der Waals surface area contributed by atoms with E-state index in [9.17, 15) is 4.39 Å². The van der Waals surface area contributed by atoms with Crippen LogP contribution >= 0.6 is 11.6 Å². The van der Waals surface area contributed by atoms with Gasteiger partial charge >= 0.3 is 0 Å². The summed E-state index contributed by atoms with van der Waals surface area (Å²) in [5.41, 5.74) is 11.1. The number of anilines is 1. The summed E-state index contributed by atoms with van der Waals surface area (Å²) in [5.74, 6) is -0.247. The van der Waals surface area contributed by atoms with Gasteiger partial charge in [0.05, 0.1) is 45.9 Å². The Morgan fingerprint density at radius 3 is 2.69 bits per heavy atom. The summed E-state index contributed by atoms with van der Waals surface area (Å²) >= 11 is 6.28. The summed E-state index contributed by atoms with van der Waals surface area (Å²) in [6.45, 7) is 0.824. The van der Waals surface area contributed by atoms with Gasteiger partial charge in [-0.15, -0.1) is 0 Å². The van der Waals surface area contributed by atoms with Crippen molar-refractivity contribution in [3.8, 4) is 17.2 Å². The predicted octanol–water partition coefficient (Wildman–Crippen LogP) is 4.89. The lowest BCUT2D eigenvalue weighted by atomic mass is 9.96. The van der Waals surface area contributed by atoms with Crippen LogP contribution in [0.3, 0.4) is 0 Å². The van der Waals surface area contributed by atoms with E-state index in [1.165, 1.54) is 18.2 Å². The van der Waals surface area contributed by atoms with Gasteiger partial charge in [0.1, 0.15) is 11.7 Å². The average molecular weight is 546 g/mol. The molecule has 5 heterocycles. The first kappa shape index (κ1) is 25.3. The fourth-order valence-corrected chi connectivity index (χ4v) is 6.19. The van der Waals surface area contributed by atoms with Crippen molar-refractivity contribution in [1.29, 1.82) is 5.26 Å². The van der Waals surface area contributed by atoms with E-state index in [4.69, 9.17) is 22.6 Å². The first-order chi connectivity index (χ1) is 18.9. The van der Waals surface area contributed by atoms with E-state index in [1.807, 2.05) is 30.2 Å². The lowest BCUT2D eigenvalue weighted by Gasteiger charge is -2.39. The number of aromatic nitrogens is 4. The topological polar surface area (TPSA) is 113 Å². The number of hydrogen-bond acceptors (Lipinski definition) is 6. The smallest absolute Gasteiger partial charge is 0.135 e. The molecule has 0 amide bonds. The van der Waals surface area contributed by atoms with Gasteiger partial charge in [-0.3, -0.25) is 9.58 Å². The summed E-state index contributed by atoms with van der Waals surface area (Å²) in [5, 5.41) is 22.1. The molecule has 3 aromatic heterocycles. The van der Waals surface area contributed by atoms with Crippen molar-refractivity contribution < 1.29 is 4.39 Å². The van der Waals surface area contributed by atoms with Crippen LogP contribution in [0.2, 0.25) is 5.02 Å². The van der Waals surface area contributed by atoms with Crippen LogP contribution in [0.4, 0.5) is 15.8 Å². The minimum Gasteiger partial charge on any atom is -0.383 e. The van der Waals surface area contributed by atoms with Crippen molar-refractivity contribution >= 4 is 34.3 Å². The SMILES string of the molecule is Cn1cc(-c2cc3c(N[C@@H]4C[C@H]5CC[C@@H](C4)N5CCC#N)c(/C(N)=N/c4cc(F)ccc4Cl)cnn3c2)cn1. The Bertz CT molecular complexity index is 1590. The first-order valence-corrected chi connectivity index (χ1v) is 13.5. The maximum absolute atomic E-state index is 13.9. The molecular formula is C28H29ClFN9. The fourth-order valence-electron chi connectivity index (χ4n) is 6.03. The van der Waals surface area contributed by atoms with Crippen molar-refractivity contribution in [2.45, 2.75) is 50.2 Å². The van der Waals surface area contributed by atoms with E-state index >= 15 is 0 Å². The highest BCUT2D eigenvalue weighted by Crippen LogP contribution is 2.38. The number of halogens is 2. The minimum atomic E-state index is -0.441. The molecule has 0 saturated carbocycles. The zero-order valence-corrected chi connectivity index (χ0v) is 22.3. The van der Waals surface area contributed by atoms with Gasteiger partial charge in [-0.2, -0.15) is 15.5 Å². The number of nitrogens with zero attached hydrogens (tertiary/aromatic N) is 7. The number of aryl methyl sites for hydroxylation is 1. The number of nitriles is 1. The molecule has 200 valence electrons. The normalized spacial score (nSPS) is 21.4. The Balaban J connectivity index is 1.39. The fraction of sp³-hybridized carbons (Fsp3) is 0.357. The standard InChI is InChI=1S/C28H29ClFN9/c1-37-15-18(13-33-37)17-9-26-27(35-20-11-21-4-5-22(12-20)38(21)8-2-7-31)23(14-34-39(26)16-17)28(32)36-25-10-19(30)3-6-24(25)29/h3,6,9-10,13-16,20-22,35H,2,4-5,8,11-12H2,1H3,(H2,32,36)/t20-,21-,22+. The first-order valence-electron chi connectivity index (χ1n) is 13.1. The highest BCUT2D eigenvalue weighted by atomic mass is 35.5. The van der Waals surface area contributed by atoms with Gasteiger partial charge in [-0.05, 0) is 43.9 Å². The maximum atomic E-state index is 13.9. The van der Waals surface area contributed by atoms with Crippen LogP contribution in [0.25, 0.3) is 16.6 Å². The van der Waals surface area contributed by atoms with Crippen LogP contribution in [0.5, 0.6) is 0 Å². The highest BCUT2D eigenvalue weighted by Gasteiger charge is 2.40. The van der Waals surface area contributed by atoms with Gasteiger partial charge in [0.15, 0.2) is 0 Å². The summed E-state index contributed by atoms with van der Waals surface area (Å²) in [4.78, 5) is 6.99. The van der Waals surface area contributed by atoms with Gasteiger partial charge in [0.2, 0.25) is 0 Å². The molecule has 0 unspecified atom stereocenters. The third kappa shape index (κ3) is 4.95. The van der Waals surface area contributed by atoms with Gasteiger partial charge < -0.3 is 11.1 Å². The number of aliphatic imine (C=N–C) groups is 1. The van der Waals surface area contributed by atoms with Crippen molar-refractivity contribution in [2.24, 2.45) is 17.8 Å². The van der Waals surface area contributed by atoms with Crippen molar-refractivity contribution in [2.75, 3.05) is 11.9 Å². The van der Waals surface area contributed by atoms with Crippen LogP contribution in [0.1, 0.15) is 37.7 Å². The van der Waals surface area contributed by atoms with E-state index < -0.39 is 5.82 Å². The number of nitrogens with two attached hydrogens (primary N) is 1. The lowest BCUT2D eigenvalue weighted by molar-refractivity contribution is 0.136. The third-order valence-corrected chi connectivity index (χ3v) is 8.13. The average Bonchev–Trinajstić information content (AvgIpc) is 3.60. The Morgan fingerprint density at radius 2 is 1.97 bits per heavy atom. The summed E-state index contributed by atoms with van der Waals surface area (Å²) in [6.07, 6.45) is 12.2. The molecular weight excluding hydrogens is 517 g/mol. The largest absolute Gasteiger partial charge is 0.383 e.